The van der Waals surface area contributed by atoms with Crippen LogP contribution in [0.2, 0.25) is 0 Å². The van der Waals surface area contributed by atoms with Crippen LogP contribution in [-0.2, 0) is 9.53 Å². The van der Waals surface area contributed by atoms with Gasteiger partial charge in [0.2, 0.25) is 0 Å². The number of fused-ring (bicyclic) bond motifs is 1. The third-order valence-corrected chi connectivity index (χ3v) is 1.82. The third-order valence-electron chi connectivity index (χ3n) is 1.82. The summed E-state index contributed by atoms with van der Waals surface area (Å²) in [6, 6.07) is 0. The van der Waals surface area contributed by atoms with Crippen LogP contribution in [0.1, 0.15) is 6.42 Å². The van der Waals surface area contributed by atoms with Crippen molar-refractivity contribution in [3.05, 3.63) is 11.8 Å². The van der Waals surface area contributed by atoms with Crippen molar-refractivity contribution in [1.29, 1.82) is 0 Å². The zero-order valence-electron chi connectivity index (χ0n) is 5.87. The fraction of sp³-hybridized carbons (Fsp3) is 0.429. The smallest absolute Gasteiger partial charge is 0.414 e. The van der Waals surface area contributed by atoms with Crippen LogP contribution in [0, 0.1) is 0 Å². The Bertz CT molecular complexity index is 256. The van der Waals surface area contributed by atoms with Crippen molar-refractivity contribution in [3.63, 3.8) is 0 Å². The van der Waals surface area contributed by atoms with Gasteiger partial charge in [0.25, 0.3) is 0 Å². The van der Waals surface area contributed by atoms with Gasteiger partial charge in [-0.15, -0.1) is 0 Å². The summed E-state index contributed by atoms with van der Waals surface area (Å²) in [6.45, 7) is 0.730. The second kappa shape index (κ2) is 2.08. The van der Waals surface area contributed by atoms with E-state index < -0.39 is 0 Å². The van der Waals surface area contributed by atoms with Gasteiger partial charge in [-0.1, -0.05) is 0 Å². The summed E-state index contributed by atoms with van der Waals surface area (Å²) in [5.74, 6) is 0.0783. The van der Waals surface area contributed by atoms with Gasteiger partial charge in [-0.2, -0.15) is 0 Å². The fourth-order valence-electron chi connectivity index (χ4n) is 1.24. The van der Waals surface area contributed by atoms with Gasteiger partial charge in [-0.3, -0.25) is 9.69 Å². The van der Waals surface area contributed by atoms with E-state index in [1.165, 1.54) is 11.0 Å². The number of cyclic esters (lactones) is 1. The molecule has 0 radical (unpaired) electrons. The molecule has 4 nitrogen and oxygen atoms in total. The van der Waals surface area contributed by atoms with E-state index in [1.807, 2.05) is 0 Å². The first kappa shape index (κ1) is 6.39. The Morgan fingerprint density at radius 3 is 3.09 bits per heavy atom. The molecule has 58 valence electrons. The molecule has 1 saturated heterocycles. The number of carbonyl (C=O) groups is 2. The van der Waals surface area contributed by atoms with Crippen LogP contribution in [0.15, 0.2) is 11.8 Å². The second-order valence-corrected chi connectivity index (χ2v) is 2.56. The summed E-state index contributed by atoms with van der Waals surface area (Å²) < 4.78 is 4.71. The lowest BCUT2D eigenvalue weighted by Gasteiger charge is -2.16. The molecule has 11 heavy (non-hydrogen) atoms. The monoisotopic (exact) mass is 153 g/mol. The summed E-state index contributed by atoms with van der Waals surface area (Å²) in [5.41, 5.74) is 0.700. The molecule has 2 rings (SSSR count). The third kappa shape index (κ3) is 0.906. The number of ketones is 1. The van der Waals surface area contributed by atoms with Crippen LogP contribution < -0.4 is 0 Å². The maximum absolute atomic E-state index is 10.9. The van der Waals surface area contributed by atoms with Crippen molar-refractivity contribution in [3.8, 4) is 0 Å². The molecule has 1 fully saturated rings. The van der Waals surface area contributed by atoms with Gasteiger partial charge in [-0.25, -0.2) is 4.79 Å². The predicted octanol–water partition coefficient (Wildman–Crippen LogP) is 0.295. The number of nitrogens with zero attached hydrogens (tertiary/aromatic N) is 1. The molecule has 2 aliphatic heterocycles. The average Bonchev–Trinajstić information content (AvgIpc) is 2.32. The van der Waals surface area contributed by atoms with E-state index in [4.69, 9.17) is 4.74 Å². The molecule has 0 atom stereocenters. The van der Waals surface area contributed by atoms with Crippen molar-refractivity contribution in [2.75, 3.05) is 13.2 Å². The van der Waals surface area contributed by atoms with Crippen molar-refractivity contribution < 1.29 is 14.3 Å². The van der Waals surface area contributed by atoms with Gasteiger partial charge >= 0.3 is 6.09 Å². The summed E-state index contributed by atoms with van der Waals surface area (Å²) in [5, 5.41) is 0. The Labute approximate surface area is 63.4 Å². The van der Waals surface area contributed by atoms with E-state index in [1.54, 1.807) is 0 Å². The topological polar surface area (TPSA) is 46.6 Å². The van der Waals surface area contributed by atoms with Crippen LogP contribution in [-0.4, -0.2) is 29.9 Å². The number of amides is 1. The zero-order valence-corrected chi connectivity index (χ0v) is 5.87. The van der Waals surface area contributed by atoms with Gasteiger partial charge in [0.05, 0.1) is 5.70 Å². The van der Waals surface area contributed by atoms with Gasteiger partial charge in [-0.05, 0) is 0 Å². The summed E-state index contributed by atoms with van der Waals surface area (Å²) in [6.07, 6.45) is 1.57. The molecule has 0 saturated carbocycles. The number of hydrogen-bond donors (Lipinski definition) is 0. The van der Waals surface area contributed by atoms with Crippen LogP contribution in [0.3, 0.4) is 0 Å². The van der Waals surface area contributed by atoms with Gasteiger partial charge in [0, 0.05) is 19.0 Å². The minimum absolute atomic E-state index is 0.0783. The normalized spacial score (nSPS) is 22.9. The van der Waals surface area contributed by atoms with Crippen LogP contribution in [0.4, 0.5) is 4.79 Å². The molecule has 0 spiro atoms. The van der Waals surface area contributed by atoms with Crippen molar-refractivity contribution in [2.45, 2.75) is 6.42 Å². The van der Waals surface area contributed by atoms with E-state index >= 15 is 0 Å². The Hall–Kier alpha value is -1.32. The molecule has 0 unspecified atom stereocenters. The molecule has 0 aliphatic carbocycles. The zero-order chi connectivity index (χ0) is 7.84. The first-order chi connectivity index (χ1) is 5.27. The standard InChI is InChI=1S/C7H7NO3/c9-6-1-2-8-5(3-6)4-11-7(8)10/h3H,1-2,4H2. The number of ether oxygens (including phenoxy) is 1. The molecule has 0 bridgehead atoms. The molecule has 0 aromatic carbocycles. The number of carbonyl (C=O) groups excluding carboxylic acids is 2. The predicted molar refractivity (Wildman–Crippen MR) is 35.8 cm³/mol. The molecule has 0 aromatic rings. The minimum atomic E-state index is -0.330. The maximum Gasteiger partial charge on any atom is 0.414 e. The first-order valence-corrected chi connectivity index (χ1v) is 3.45. The number of rotatable bonds is 0. The molecule has 4 heteroatoms. The Morgan fingerprint density at radius 2 is 2.27 bits per heavy atom. The molecular weight excluding hydrogens is 146 g/mol. The summed E-state index contributed by atoms with van der Waals surface area (Å²) in [4.78, 5) is 23.2. The fourth-order valence-corrected chi connectivity index (χ4v) is 1.24. The van der Waals surface area contributed by atoms with Gasteiger partial charge in [0.1, 0.15) is 6.61 Å². The summed E-state index contributed by atoms with van der Waals surface area (Å²) in [7, 11) is 0. The van der Waals surface area contributed by atoms with Crippen molar-refractivity contribution in [1.82, 2.24) is 4.90 Å². The highest BCUT2D eigenvalue weighted by Crippen LogP contribution is 2.19. The first-order valence-electron chi connectivity index (χ1n) is 3.45. The average molecular weight is 153 g/mol. The van der Waals surface area contributed by atoms with Gasteiger partial charge < -0.3 is 4.74 Å². The Morgan fingerprint density at radius 1 is 1.45 bits per heavy atom. The number of hydrogen-bond acceptors (Lipinski definition) is 3. The lowest BCUT2D eigenvalue weighted by atomic mass is 10.1. The lowest BCUT2D eigenvalue weighted by molar-refractivity contribution is -0.115. The lowest BCUT2D eigenvalue weighted by Crippen LogP contribution is -2.29. The second-order valence-electron chi connectivity index (χ2n) is 2.56. The SMILES string of the molecule is O=C1C=C2COC(=O)N2CC1. The van der Waals surface area contributed by atoms with Crippen LogP contribution in [0.5, 0.6) is 0 Å². The molecule has 0 N–H and O–H groups in total. The Kier molecular flexibility index (Phi) is 1.21. The van der Waals surface area contributed by atoms with E-state index in [0.29, 0.717) is 18.7 Å². The minimum Gasteiger partial charge on any atom is -0.443 e. The van der Waals surface area contributed by atoms with E-state index in [9.17, 15) is 9.59 Å². The van der Waals surface area contributed by atoms with Crippen molar-refractivity contribution >= 4 is 11.9 Å². The highest BCUT2D eigenvalue weighted by molar-refractivity contribution is 5.93. The van der Waals surface area contributed by atoms with E-state index in [0.717, 1.165) is 0 Å². The van der Waals surface area contributed by atoms with Crippen LogP contribution in [0.25, 0.3) is 0 Å². The largest absolute Gasteiger partial charge is 0.443 e. The number of allylic oxidation sites excluding steroid dienone is 1. The highest BCUT2D eigenvalue weighted by atomic mass is 16.6. The maximum atomic E-state index is 10.9. The van der Waals surface area contributed by atoms with Crippen LogP contribution >= 0.6 is 0 Å². The van der Waals surface area contributed by atoms with E-state index in [-0.39, 0.29) is 18.5 Å². The molecule has 2 aliphatic rings. The Balaban J connectivity index is 2.31. The molecule has 0 aromatic heterocycles. The van der Waals surface area contributed by atoms with Gasteiger partial charge in [0.15, 0.2) is 5.78 Å². The molecule has 1 amide bonds. The van der Waals surface area contributed by atoms with E-state index in [2.05, 4.69) is 0 Å². The highest BCUT2D eigenvalue weighted by Gasteiger charge is 2.30. The van der Waals surface area contributed by atoms with Crippen molar-refractivity contribution in [2.24, 2.45) is 0 Å². The quantitative estimate of drug-likeness (QED) is 0.502. The molecular formula is C7H7NO3. The molecule has 2 heterocycles. The summed E-state index contributed by atoms with van der Waals surface area (Å²) >= 11 is 0.